The second kappa shape index (κ2) is 23.9. The largest absolute Gasteiger partial charge is 0.469 e. The third-order valence-corrected chi connectivity index (χ3v) is 4.89. The van der Waals surface area contributed by atoms with E-state index in [-0.39, 0.29) is 18.7 Å². The first kappa shape index (κ1) is 35.4. The predicted molar refractivity (Wildman–Crippen MR) is 128 cm³/mol. The van der Waals surface area contributed by atoms with Crippen molar-refractivity contribution >= 4 is 35.9 Å². The van der Waals surface area contributed by atoms with Gasteiger partial charge in [-0.3, -0.25) is 9.59 Å². The average molecular weight is 709 g/mol. The molecule has 1 atom stereocenters. The van der Waals surface area contributed by atoms with Gasteiger partial charge in [0.05, 0.1) is 14.2 Å². The molecule has 1 aromatic carbocycles. The van der Waals surface area contributed by atoms with Crippen molar-refractivity contribution in [3.8, 4) is 0 Å². The number of aldehydes is 1. The monoisotopic (exact) mass is 708 g/mol. The topological polar surface area (TPSA) is 158 Å². The van der Waals surface area contributed by atoms with Gasteiger partial charge >= 0.3 is 124 Å². The molecule has 0 saturated carbocycles. The van der Waals surface area contributed by atoms with Crippen LogP contribution in [-0.4, -0.2) is 77.9 Å². The Morgan fingerprint density at radius 1 is 1.03 bits per heavy atom. The summed E-state index contributed by atoms with van der Waals surface area (Å²) in [6.45, 7) is 2.16. The van der Waals surface area contributed by atoms with Crippen molar-refractivity contribution in [2.75, 3.05) is 44.9 Å². The first-order valence-corrected chi connectivity index (χ1v) is 12.3. The molecule has 0 fully saturated rings. The van der Waals surface area contributed by atoms with Gasteiger partial charge in [0.1, 0.15) is 12.6 Å². The van der Waals surface area contributed by atoms with Crippen LogP contribution in [0.1, 0.15) is 31.7 Å². The first-order valence-electron chi connectivity index (χ1n) is 10.9. The van der Waals surface area contributed by atoms with E-state index in [1.54, 1.807) is 14.2 Å². The van der Waals surface area contributed by atoms with Gasteiger partial charge in [0.25, 0.3) is 0 Å². The van der Waals surface area contributed by atoms with Crippen LogP contribution in [0.15, 0.2) is 24.3 Å². The fourth-order valence-electron chi connectivity index (χ4n) is 2.25. The standard InChI is InChI=1S/C11H15AtN2O.C10H15NO7.C2H6O/c1-2-11(15)13-8-7-9-3-5-10(14-12)6-4-9;1-16-8(13)4-3-7(9(14)17-2)11-10(15)18-6-5-12;1-3-2/h3-6,14H,2,7-8H2,1H3,(H,13,15);5,7H,3-4,6H2,1-2H3,(H,11,15);1-2H3. The summed E-state index contributed by atoms with van der Waals surface area (Å²) in [4.78, 5) is 54.3. The molecule has 0 aliphatic heterocycles. The molecule has 1 unspecified atom stereocenters. The van der Waals surface area contributed by atoms with Crippen LogP contribution in [0.25, 0.3) is 0 Å². The summed E-state index contributed by atoms with van der Waals surface area (Å²) >= 11 is 1.53. The Hall–Kier alpha value is -2.79. The number of amides is 2. The summed E-state index contributed by atoms with van der Waals surface area (Å²) in [6, 6.07) is 7.24. The van der Waals surface area contributed by atoms with Gasteiger partial charge in [-0.05, 0) is 6.42 Å². The SMILES string of the molecule is CCC(=O)NCCc1ccc(N[At])cc1.COC.COC(=O)CCC(NC(=O)OCC=O)C(=O)OC. The van der Waals surface area contributed by atoms with Crippen LogP contribution < -0.4 is 13.9 Å². The number of hydrogen-bond donors (Lipinski definition) is 3. The molecular formula is C23H36AtN3O9. The van der Waals surface area contributed by atoms with Gasteiger partial charge in [0.15, 0.2) is 6.29 Å². The normalized spacial score (nSPS) is 10.1. The van der Waals surface area contributed by atoms with Crippen LogP contribution in [0, 0.1) is 25.0 Å². The second-order valence-corrected chi connectivity index (χ2v) is 7.49. The summed E-state index contributed by atoms with van der Waals surface area (Å²) < 4.78 is 20.6. The molecule has 2 amide bonds. The maximum Gasteiger partial charge on any atom is 0.408 e. The molecule has 3 N–H and O–H groups in total. The zero-order valence-electron chi connectivity index (χ0n) is 21.3. The van der Waals surface area contributed by atoms with Crippen LogP contribution in [0.3, 0.4) is 0 Å². The van der Waals surface area contributed by atoms with E-state index >= 15 is 0 Å². The number of benzene rings is 1. The van der Waals surface area contributed by atoms with Gasteiger partial charge in [-0.15, -0.1) is 0 Å². The van der Waals surface area contributed by atoms with Crippen LogP contribution in [-0.2, 0) is 44.5 Å². The molecule has 13 heteroatoms. The molecule has 1 aromatic rings. The van der Waals surface area contributed by atoms with E-state index in [1.165, 1.54) is 37.7 Å². The molecule has 0 heterocycles. The van der Waals surface area contributed by atoms with Crippen molar-refractivity contribution in [2.45, 2.75) is 38.6 Å². The number of ether oxygens (including phenoxy) is 4. The molecule has 0 bridgehead atoms. The third kappa shape index (κ3) is 19.5. The molecule has 36 heavy (non-hydrogen) atoms. The Bertz CT molecular complexity index is 777. The fraction of sp³-hybridized carbons (Fsp3) is 0.522. The number of carbonyl (C=O) groups is 5. The number of nitrogens with one attached hydrogen (secondary N) is 3. The minimum absolute atomic E-state index is 0.00946. The third-order valence-electron chi connectivity index (χ3n) is 4.05. The molecule has 0 aromatic heterocycles. The molecule has 0 spiro atoms. The Balaban J connectivity index is 0. The Labute approximate surface area is 227 Å². The predicted octanol–water partition coefficient (Wildman–Crippen LogP) is 1.30. The minimum Gasteiger partial charge on any atom is -0.469 e. The van der Waals surface area contributed by atoms with E-state index in [2.05, 4.69) is 57.1 Å². The first-order chi connectivity index (χ1) is 17.2. The smallest absolute Gasteiger partial charge is 0.408 e. The van der Waals surface area contributed by atoms with Crippen LogP contribution in [0.2, 0.25) is 0 Å². The Kier molecular flexibility index (Phi) is 23.5. The average Bonchev–Trinajstić information content (AvgIpc) is 2.90. The maximum absolute atomic E-state index is 11.3. The summed E-state index contributed by atoms with van der Waals surface area (Å²) in [6.07, 6.45) is 0.837. The van der Waals surface area contributed by atoms with Crippen LogP contribution in [0.4, 0.5) is 10.5 Å². The molecule has 0 saturated heterocycles. The van der Waals surface area contributed by atoms with E-state index in [0.717, 1.165) is 25.8 Å². The Morgan fingerprint density at radius 3 is 2.11 bits per heavy atom. The van der Waals surface area contributed by atoms with E-state index in [4.69, 9.17) is 0 Å². The number of anilines is 1. The van der Waals surface area contributed by atoms with E-state index < -0.39 is 30.7 Å². The van der Waals surface area contributed by atoms with E-state index in [0.29, 0.717) is 12.7 Å². The van der Waals surface area contributed by atoms with Crippen molar-refractivity contribution in [3.63, 3.8) is 0 Å². The number of hydrogen-bond acceptors (Lipinski definition) is 10. The summed E-state index contributed by atoms with van der Waals surface area (Å²) in [5.41, 5.74) is 2.38. The van der Waals surface area contributed by atoms with Crippen molar-refractivity contribution in [3.05, 3.63) is 29.8 Å². The van der Waals surface area contributed by atoms with E-state index in [9.17, 15) is 24.0 Å². The summed E-state index contributed by atoms with van der Waals surface area (Å²) in [5.74, 6) is -1.13. The molecular weight excluding hydrogens is 672 g/mol. The second-order valence-electron chi connectivity index (χ2n) is 6.75. The summed E-state index contributed by atoms with van der Waals surface area (Å²) in [7, 11) is 5.60. The molecule has 0 aliphatic carbocycles. The summed E-state index contributed by atoms with van der Waals surface area (Å²) in [5, 5.41) is 5.04. The molecule has 0 radical (unpaired) electrons. The number of carbonyl (C=O) groups excluding carboxylic acids is 5. The maximum atomic E-state index is 11.3. The van der Waals surface area contributed by atoms with Gasteiger partial charge in [-0.1, -0.05) is 0 Å². The number of esters is 2. The van der Waals surface area contributed by atoms with Gasteiger partial charge in [-0.2, -0.15) is 0 Å². The van der Waals surface area contributed by atoms with Gasteiger partial charge in [0, 0.05) is 20.6 Å². The van der Waals surface area contributed by atoms with Gasteiger partial charge < -0.3 is 24.3 Å². The number of alkyl carbamates (subject to hydrolysis) is 1. The zero-order valence-corrected chi connectivity index (χ0v) is 24.2. The minimum atomic E-state index is -1.03. The van der Waals surface area contributed by atoms with Crippen LogP contribution >= 0.6 is 0 Å². The van der Waals surface area contributed by atoms with E-state index in [1.807, 2.05) is 6.92 Å². The van der Waals surface area contributed by atoms with Gasteiger partial charge in [-0.25, -0.2) is 9.59 Å². The molecule has 12 nitrogen and oxygen atoms in total. The molecule has 204 valence electrons. The zero-order chi connectivity index (χ0) is 27.8. The van der Waals surface area contributed by atoms with Crippen molar-refractivity contribution in [2.24, 2.45) is 0 Å². The van der Waals surface area contributed by atoms with Gasteiger partial charge in [0.2, 0.25) is 0 Å². The fourth-order valence-corrected chi connectivity index (χ4v) is 2.74. The van der Waals surface area contributed by atoms with Crippen molar-refractivity contribution in [1.82, 2.24) is 10.6 Å². The number of rotatable bonds is 12. The molecule has 1 rings (SSSR count). The van der Waals surface area contributed by atoms with Crippen LogP contribution in [0.5, 0.6) is 0 Å². The van der Waals surface area contributed by atoms with Crippen molar-refractivity contribution < 1.29 is 67.9 Å². The number of methoxy groups -OCH3 is 3. The quantitative estimate of drug-likeness (QED) is 0.164. The Morgan fingerprint density at radius 2 is 1.64 bits per heavy atom. The van der Waals surface area contributed by atoms with Crippen molar-refractivity contribution in [1.29, 1.82) is 0 Å². The molecule has 0 aliphatic rings.